The summed E-state index contributed by atoms with van der Waals surface area (Å²) in [5.41, 5.74) is 1.90. The van der Waals surface area contributed by atoms with Crippen LogP contribution in [0, 0.1) is 11.3 Å². The molecular weight excluding hydrogens is 120 g/mol. The fourth-order valence-corrected chi connectivity index (χ4v) is 1.51. The average molecular weight is 136 g/mol. The van der Waals surface area contributed by atoms with Crippen molar-refractivity contribution in [3.8, 4) is 0 Å². The van der Waals surface area contributed by atoms with Crippen LogP contribution in [0.5, 0.6) is 0 Å². The smallest absolute Gasteiger partial charge is 0.00402 e. The van der Waals surface area contributed by atoms with Gasteiger partial charge in [-0.05, 0) is 11.3 Å². The number of allylic oxidation sites excluding steroid dienone is 4. The van der Waals surface area contributed by atoms with Crippen LogP contribution >= 0.6 is 0 Å². The first-order valence-electron chi connectivity index (χ1n) is 3.90. The van der Waals surface area contributed by atoms with Crippen LogP contribution in [0.25, 0.3) is 0 Å². The zero-order valence-electron chi connectivity index (χ0n) is 7.31. The van der Waals surface area contributed by atoms with Gasteiger partial charge in [0.25, 0.3) is 0 Å². The molecule has 1 atom stereocenters. The van der Waals surface area contributed by atoms with Crippen LogP contribution in [-0.4, -0.2) is 0 Å². The Morgan fingerprint density at radius 2 is 1.90 bits per heavy atom. The summed E-state index contributed by atoms with van der Waals surface area (Å²) in [4.78, 5) is 0. The Morgan fingerprint density at radius 1 is 1.30 bits per heavy atom. The van der Waals surface area contributed by atoms with Crippen molar-refractivity contribution in [3.63, 3.8) is 0 Å². The third kappa shape index (κ3) is 1.31. The predicted octanol–water partition coefficient (Wildman–Crippen LogP) is 3.16. The molecule has 1 rings (SSSR count). The van der Waals surface area contributed by atoms with Crippen LogP contribution in [0.4, 0.5) is 0 Å². The number of hydrogen-bond acceptors (Lipinski definition) is 0. The zero-order chi connectivity index (χ0) is 7.78. The van der Waals surface area contributed by atoms with Gasteiger partial charge in [-0.25, -0.2) is 0 Å². The van der Waals surface area contributed by atoms with Gasteiger partial charge in [0.1, 0.15) is 0 Å². The molecule has 0 heteroatoms. The summed E-state index contributed by atoms with van der Waals surface area (Å²) < 4.78 is 0. The maximum absolute atomic E-state index is 2.27. The van der Waals surface area contributed by atoms with Gasteiger partial charge in [0.2, 0.25) is 0 Å². The monoisotopic (exact) mass is 136 g/mol. The molecule has 0 aliphatic heterocycles. The summed E-state index contributed by atoms with van der Waals surface area (Å²) in [6.07, 6.45) is 6.65. The van der Waals surface area contributed by atoms with E-state index < -0.39 is 0 Å². The van der Waals surface area contributed by atoms with Crippen molar-refractivity contribution in [1.29, 1.82) is 0 Å². The lowest BCUT2D eigenvalue weighted by atomic mass is 9.81. The van der Waals surface area contributed by atoms with Crippen molar-refractivity contribution in [3.05, 3.63) is 23.8 Å². The van der Waals surface area contributed by atoms with Crippen LogP contribution < -0.4 is 0 Å². The van der Waals surface area contributed by atoms with Gasteiger partial charge in [0.05, 0.1) is 0 Å². The highest BCUT2D eigenvalue weighted by atomic mass is 14.3. The molecule has 0 bridgehead atoms. The number of rotatable bonds is 0. The molecule has 10 heavy (non-hydrogen) atoms. The predicted molar refractivity (Wildman–Crippen MR) is 45.8 cm³/mol. The molecule has 1 aliphatic rings. The molecule has 0 radical (unpaired) electrons. The minimum Gasteiger partial charge on any atom is -0.0776 e. The van der Waals surface area contributed by atoms with Gasteiger partial charge in [-0.2, -0.15) is 0 Å². The van der Waals surface area contributed by atoms with E-state index in [0.717, 1.165) is 0 Å². The molecule has 56 valence electrons. The third-order valence-electron chi connectivity index (χ3n) is 2.03. The molecule has 1 aliphatic carbocycles. The molecule has 1 unspecified atom stereocenters. The second kappa shape index (κ2) is 2.26. The Morgan fingerprint density at radius 3 is 2.10 bits per heavy atom. The Kier molecular flexibility index (Phi) is 1.72. The standard InChI is InChI=1S/C10H16/c1-8-6-5-7-9(8)10(2,3)4/h5-8H,1-4H3. The van der Waals surface area contributed by atoms with E-state index in [9.17, 15) is 0 Å². The molecule has 0 amide bonds. The average Bonchev–Trinajstić information content (AvgIpc) is 2.11. The molecule has 0 heterocycles. The molecule has 0 aromatic rings. The highest BCUT2D eigenvalue weighted by molar-refractivity contribution is 5.30. The molecule has 0 saturated heterocycles. The summed E-state index contributed by atoms with van der Waals surface area (Å²) >= 11 is 0. The lowest BCUT2D eigenvalue weighted by molar-refractivity contribution is 0.466. The summed E-state index contributed by atoms with van der Waals surface area (Å²) in [6, 6.07) is 0. The summed E-state index contributed by atoms with van der Waals surface area (Å²) in [7, 11) is 0. The molecule has 0 N–H and O–H groups in total. The molecule has 0 fully saturated rings. The van der Waals surface area contributed by atoms with Crippen LogP contribution in [-0.2, 0) is 0 Å². The van der Waals surface area contributed by atoms with Crippen molar-refractivity contribution in [2.24, 2.45) is 11.3 Å². The highest BCUT2D eigenvalue weighted by Crippen LogP contribution is 2.34. The lowest BCUT2D eigenvalue weighted by Gasteiger charge is -2.24. The third-order valence-corrected chi connectivity index (χ3v) is 2.03. The Bertz CT molecular complexity index is 177. The lowest BCUT2D eigenvalue weighted by Crippen LogP contribution is -2.12. The quantitative estimate of drug-likeness (QED) is 0.480. The first-order chi connectivity index (χ1) is 4.52. The first kappa shape index (κ1) is 7.59. The van der Waals surface area contributed by atoms with E-state index in [0.29, 0.717) is 11.3 Å². The van der Waals surface area contributed by atoms with E-state index in [1.807, 2.05) is 0 Å². The zero-order valence-corrected chi connectivity index (χ0v) is 7.31. The van der Waals surface area contributed by atoms with Gasteiger partial charge in [0, 0.05) is 0 Å². The van der Waals surface area contributed by atoms with Crippen LogP contribution in [0.3, 0.4) is 0 Å². The van der Waals surface area contributed by atoms with Gasteiger partial charge in [-0.1, -0.05) is 51.5 Å². The maximum Gasteiger partial charge on any atom is -0.00402 e. The first-order valence-corrected chi connectivity index (χ1v) is 3.90. The molecular formula is C10H16. The second-order valence-corrected chi connectivity index (χ2v) is 4.05. The Hall–Kier alpha value is -0.520. The summed E-state index contributed by atoms with van der Waals surface area (Å²) in [5, 5.41) is 0. The van der Waals surface area contributed by atoms with Crippen LogP contribution in [0.1, 0.15) is 27.7 Å². The maximum atomic E-state index is 2.27. The van der Waals surface area contributed by atoms with Gasteiger partial charge < -0.3 is 0 Å². The van der Waals surface area contributed by atoms with Crippen LogP contribution in [0.15, 0.2) is 23.8 Å². The van der Waals surface area contributed by atoms with E-state index in [4.69, 9.17) is 0 Å². The summed E-state index contributed by atoms with van der Waals surface area (Å²) in [5.74, 6) is 0.653. The molecule has 0 spiro atoms. The van der Waals surface area contributed by atoms with Crippen molar-refractivity contribution >= 4 is 0 Å². The van der Waals surface area contributed by atoms with Gasteiger partial charge in [-0.15, -0.1) is 0 Å². The van der Waals surface area contributed by atoms with E-state index in [1.54, 1.807) is 5.57 Å². The van der Waals surface area contributed by atoms with Crippen molar-refractivity contribution in [1.82, 2.24) is 0 Å². The van der Waals surface area contributed by atoms with Crippen molar-refractivity contribution in [2.75, 3.05) is 0 Å². The summed E-state index contributed by atoms with van der Waals surface area (Å²) in [6.45, 7) is 9.05. The van der Waals surface area contributed by atoms with Crippen LogP contribution in [0.2, 0.25) is 0 Å². The fraction of sp³-hybridized carbons (Fsp3) is 0.600. The molecule has 0 aromatic carbocycles. The highest BCUT2D eigenvalue weighted by Gasteiger charge is 2.21. The molecule has 0 saturated carbocycles. The normalized spacial score (nSPS) is 25.2. The minimum absolute atomic E-state index is 0.350. The fourth-order valence-electron chi connectivity index (χ4n) is 1.51. The van der Waals surface area contributed by atoms with Crippen molar-refractivity contribution < 1.29 is 0 Å². The Balaban J connectivity index is 2.78. The molecule has 0 nitrogen and oxygen atoms in total. The Labute approximate surface area is 63.6 Å². The van der Waals surface area contributed by atoms with E-state index in [1.165, 1.54) is 0 Å². The topological polar surface area (TPSA) is 0 Å². The SMILES string of the molecule is CC1C=CC=C1C(C)(C)C. The minimum atomic E-state index is 0.350. The number of hydrogen-bond donors (Lipinski definition) is 0. The van der Waals surface area contributed by atoms with Gasteiger partial charge in [0.15, 0.2) is 0 Å². The molecule has 0 aromatic heterocycles. The van der Waals surface area contributed by atoms with Gasteiger partial charge in [-0.3, -0.25) is 0 Å². The van der Waals surface area contributed by atoms with E-state index in [-0.39, 0.29) is 0 Å². The van der Waals surface area contributed by atoms with E-state index >= 15 is 0 Å². The largest absolute Gasteiger partial charge is 0.0776 e. The van der Waals surface area contributed by atoms with Crippen molar-refractivity contribution in [2.45, 2.75) is 27.7 Å². The van der Waals surface area contributed by atoms with Gasteiger partial charge >= 0.3 is 0 Å². The second-order valence-electron chi connectivity index (χ2n) is 4.05. The van der Waals surface area contributed by atoms with E-state index in [2.05, 4.69) is 45.9 Å².